The Labute approximate surface area is 113 Å². The standard InChI is InChI=1S/C16H19NO2/c1-10(2)11(3)19-16(18)14-8-12-6-4-5-7-13(12)9-15(14)17/h4-11H,17H2,1-3H3. The average molecular weight is 257 g/mol. The maximum absolute atomic E-state index is 12.1. The van der Waals surface area contributed by atoms with Crippen molar-refractivity contribution in [1.29, 1.82) is 0 Å². The zero-order valence-electron chi connectivity index (χ0n) is 11.5. The van der Waals surface area contributed by atoms with E-state index in [4.69, 9.17) is 10.5 Å². The zero-order valence-corrected chi connectivity index (χ0v) is 11.5. The van der Waals surface area contributed by atoms with Crippen LogP contribution in [0.5, 0.6) is 0 Å². The van der Waals surface area contributed by atoms with Gasteiger partial charge >= 0.3 is 5.97 Å². The number of carbonyl (C=O) groups is 1. The molecule has 0 aromatic heterocycles. The van der Waals surface area contributed by atoms with Gasteiger partial charge in [-0.1, -0.05) is 38.1 Å². The van der Waals surface area contributed by atoms with Gasteiger partial charge < -0.3 is 10.5 Å². The second kappa shape index (κ2) is 5.31. The highest BCUT2D eigenvalue weighted by atomic mass is 16.5. The highest BCUT2D eigenvalue weighted by Crippen LogP contribution is 2.23. The van der Waals surface area contributed by atoms with Crippen molar-refractivity contribution in [2.45, 2.75) is 26.9 Å². The molecule has 0 fully saturated rings. The smallest absolute Gasteiger partial charge is 0.340 e. The molecular formula is C16H19NO2. The molecule has 0 saturated heterocycles. The van der Waals surface area contributed by atoms with Gasteiger partial charge in [0.1, 0.15) is 6.10 Å². The maximum atomic E-state index is 12.1. The van der Waals surface area contributed by atoms with Crippen molar-refractivity contribution >= 4 is 22.4 Å². The number of hydrogen-bond donors (Lipinski definition) is 1. The molecule has 3 nitrogen and oxygen atoms in total. The summed E-state index contributed by atoms with van der Waals surface area (Å²) < 4.78 is 5.41. The van der Waals surface area contributed by atoms with Crippen LogP contribution in [0.1, 0.15) is 31.1 Å². The molecule has 2 aromatic rings. The van der Waals surface area contributed by atoms with E-state index >= 15 is 0 Å². The summed E-state index contributed by atoms with van der Waals surface area (Å²) in [6.07, 6.45) is -0.127. The summed E-state index contributed by atoms with van der Waals surface area (Å²) in [6.45, 7) is 5.92. The number of nitrogen functional groups attached to an aromatic ring is 1. The fourth-order valence-electron chi connectivity index (χ4n) is 1.80. The van der Waals surface area contributed by atoms with Gasteiger partial charge in [0.25, 0.3) is 0 Å². The van der Waals surface area contributed by atoms with Crippen LogP contribution in [0.2, 0.25) is 0 Å². The van der Waals surface area contributed by atoms with Crippen molar-refractivity contribution in [3.63, 3.8) is 0 Å². The second-order valence-corrected chi connectivity index (χ2v) is 5.14. The van der Waals surface area contributed by atoms with Gasteiger partial charge in [0, 0.05) is 5.69 Å². The fraction of sp³-hybridized carbons (Fsp3) is 0.312. The molecule has 1 atom stereocenters. The number of anilines is 1. The van der Waals surface area contributed by atoms with Crippen LogP contribution >= 0.6 is 0 Å². The number of rotatable bonds is 3. The number of carbonyl (C=O) groups excluding carboxylic acids is 1. The molecule has 0 aliphatic rings. The summed E-state index contributed by atoms with van der Waals surface area (Å²) in [6, 6.07) is 11.4. The molecule has 0 heterocycles. The molecule has 0 amide bonds. The van der Waals surface area contributed by atoms with Crippen molar-refractivity contribution in [2.24, 2.45) is 5.92 Å². The van der Waals surface area contributed by atoms with E-state index in [0.29, 0.717) is 11.3 Å². The first kappa shape index (κ1) is 13.4. The van der Waals surface area contributed by atoms with Gasteiger partial charge in [-0.3, -0.25) is 0 Å². The van der Waals surface area contributed by atoms with E-state index in [9.17, 15) is 4.79 Å². The minimum atomic E-state index is -0.357. The fourth-order valence-corrected chi connectivity index (χ4v) is 1.80. The highest BCUT2D eigenvalue weighted by Gasteiger charge is 2.17. The third kappa shape index (κ3) is 2.87. The number of benzene rings is 2. The molecule has 2 N–H and O–H groups in total. The monoisotopic (exact) mass is 257 g/mol. The Kier molecular flexibility index (Phi) is 3.74. The van der Waals surface area contributed by atoms with Crippen molar-refractivity contribution in [1.82, 2.24) is 0 Å². The van der Waals surface area contributed by atoms with E-state index in [1.165, 1.54) is 0 Å². The van der Waals surface area contributed by atoms with Gasteiger partial charge in [0.15, 0.2) is 0 Å². The Morgan fingerprint density at radius 3 is 2.26 bits per heavy atom. The molecular weight excluding hydrogens is 238 g/mol. The average Bonchev–Trinajstić information content (AvgIpc) is 2.37. The Hall–Kier alpha value is -2.03. The lowest BCUT2D eigenvalue weighted by Crippen LogP contribution is -2.20. The molecule has 0 aliphatic heterocycles. The first-order valence-corrected chi connectivity index (χ1v) is 6.48. The first-order chi connectivity index (χ1) is 8.99. The number of nitrogens with two attached hydrogens (primary N) is 1. The lowest BCUT2D eigenvalue weighted by Gasteiger charge is -2.17. The van der Waals surface area contributed by atoms with E-state index in [1.807, 2.05) is 51.1 Å². The van der Waals surface area contributed by atoms with Crippen LogP contribution in [0.3, 0.4) is 0 Å². The van der Waals surface area contributed by atoms with Crippen LogP contribution in [-0.2, 0) is 4.74 Å². The third-order valence-electron chi connectivity index (χ3n) is 3.37. The molecule has 2 aromatic carbocycles. The Balaban J connectivity index is 2.34. The van der Waals surface area contributed by atoms with Gasteiger partial charge in [-0.15, -0.1) is 0 Å². The number of fused-ring (bicyclic) bond motifs is 1. The van der Waals surface area contributed by atoms with Gasteiger partial charge in [0.05, 0.1) is 5.56 Å². The Bertz CT molecular complexity index is 605. The lowest BCUT2D eigenvalue weighted by molar-refractivity contribution is 0.0239. The van der Waals surface area contributed by atoms with Crippen molar-refractivity contribution in [3.8, 4) is 0 Å². The predicted molar refractivity (Wildman–Crippen MR) is 78.1 cm³/mol. The molecule has 3 heteroatoms. The summed E-state index contributed by atoms with van der Waals surface area (Å²) >= 11 is 0. The summed E-state index contributed by atoms with van der Waals surface area (Å²) in [4.78, 5) is 12.1. The third-order valence-corrected chi connectivity index (χ3v) is 3.37. The molecule has 0 bridgehead atoms. The summed E-state index contributed by atoms with van der Waals surface area (Å²) in [5.41, 5.74) is 6.83. The van der Waals surface area contributed by atoms with Crippen molar-refractivity contribution in [2.75, 3.05) is 5.73 Å². The lowest BCUT2D eigenvalue weighted by atomic mass is 10.0. The van der Waals surface area contributed by atoms with Gasteiger partial charge in [-0.05, 0) is 35.7 Å². The topological polar surface area (TPSA) is 52.3 Å². The summed E-state index contributed by atoms with van der Waals surface area (Å²) in [5.74, 6) is -0.0740. The van der Waals surface area contributed by atoms with Crippen LogP contribution in [0, 0.1) is 5.92 Å². The Morgan fingerprint density at radius 2 is 1.68 bits per heavy atom. The first-order valence-electron chi connectivity index (χ1n) is 6.48. The Morgan fingerprint density at radius 1 is 1.11 bits per heavy atom. The largest absolute Gasteiger partial charge is 0.459 e. The maximum Gasteiger partial charge on any atom is 0.340 e. The second-order valence-electron chi connectivity index (χ2n) is 5.14. The van der Waals surface area contributed by atoms with Crippen LogP contribution in [-0.4, -0.2) is 12.1 Å². The number of esters is 1. The van der Waals surface area contributed by atoms with Crippen LogP contribution in [0.25, 0.3) is 10.8 Å². The van der Waals surface area contributed by atoms with E-state index < -0.39 is 0 Å². The number of hydrogen-bond acceptors (Lipinski definition) is 3. The van der Waals surface area contributed by atoms with Gasteiger partial charge in [-0.2, -0.15) is 0 Å². The van der Waals surface area contributed by atoms with Crippen LogP contribution in [0.15, 0.2) is 36.4 Å². The molecule has 0 radical (unpaired) electrons. The number of ether oxygens (including phenoxy) is 1. The zero-order chi connectivity index (χ0) is 14.0. The predicted octanol–water partition coefficient (Wildman–Crippen LogP) is 3.62. The van der Waals surface area contributed by atoms with Crippen LogP contribution < -0.4 is 5.73 Å². The van der Waals surface area contributed by atoms with Crippen molar-refractivity contribution in [3.05, 3.63) is 42.0 Å². The normalized spacial score (nSPS) is 12.6. The highest BCUT2D eigenvalue weighted by molar-refractivity contribution is 6.01. The molecule has 0 spiro atoms. The molecule has 2 rings (SSSR count). The van der Waals surface area contributed by atoms with E-state index in [-0.39, 0.29) is 18.0 Å². The molecule has 0 aliphatic carbocycles. The quantitative estimate of drug-likeness (QED) is 0.675. The van der Waals surface area contributed by atoms with Crippen LogP contribution in [0.4, 0.5) is 5.69 Å². The summed E-state index contributed by atoms with van der Waals surface area (Å²) in [5, 5.41) is 2.01. The molecule has 100 valence electrons. The molecule has 0 saturated carbocycles. The van der Waals surface area contributed by atoms with E-state index in [2.05, 4.69) is 0 Å². The van der Waals surface area contributed by atoms with E-state index in [0.717, 1.165) is 10.8 Å². The molecule has 19 heavy (non-hydrogen) atoms. The summed E-state index contributed by atoms with van der Waals surface area (Å²) in [7, 11) is 0. The van der Waals surface area contributed by atoms with Gasteiger partial charge in [-0.25, -0.2) is 4.79 Å². The van der Waals surface area contributed by atoms with Crippen molar-refractivity contribution < 1.29 is 9.53 Å². The minimum Gasteiger partial charge on any atom is -0.459 e. The SMILES string of the molecule is CC(C)C(C)OC(=O)c1cc2ccccc2cc1N. The minimum absolute atomic E-state index is 0.127. The van der Waals surface area contributed by atoms with Gasteiger partial charge in [0.2, 0.25) is 0 Å². The molecule has 1 unspecified atom stereocenters. The van der Waals surface area contributed by atoms with E-state index in [1.54, 1.807) is 6.07 Å².